The van der Waals surface area contributed by atoms with Gasteiger partial charge in [-0.1, -0.05) is 28.8 Å². The van der Waals surface area contributed by atoms with Crippen LogP contribution in [0.25, 0.3) is 17.4 Å². The van der Waals surface area contributed by atoms with Gasteiger partial charge >= 0.3 is 0 Å². The first-order valence-electron chi connectivity index (χ1n) is 7.74. The summed E-state index contributed by atoms with van der Waals surface area (Å²) in [6.07, 6.45) is 1.64. The van der Waals surface area contributed by atoms with Gasteiger partial charge in [0.2, 0.25) is 0 Å². The van der Waals surface area contributed by atoms with Gasteiger partial charge in [-0.25, -0.2) is 0 Å². The van der Waals surface area contributed by atoms with E-state index in [0.29, 0.717) is 27.8 Å². The molecular formula is C17H13ClN6O2. The molecule has 0 aliphatic carbocycles. The summed E-state index contributed by atoms with van der Waals surface area (Å²) in [5.74, 6) is 0.936. The number of benzene rings is 1. The molecule has 4 rings (SSSR count). The van der Waals surface area contributed by atoms with Crippen molar-refractivity contribution in [1.82, 2.24) is 20.6 Å². The predicted octanol–water partition coefficient (Wildman–Crippen LogP) is 3.23. The lowest BCUT2D eigenvalue weighted by Crippen LogP contribution is -2.22. The number of nitrogens with zero attached hydrogens (tertiary/aromatic N) is 5. The van der Waals surface area contributed by atoms with Crippen molar-refractivity contribution in [3.05, 3.63) is 52.3 Å². The SMILES string of the molecule is CC1=NN(c2nn[nH]n2)C(=O)/C1=C\c1ccc(-c2ccc(C)c(Cl)c2)o1. The number of hydrazone groups is 1. The van der Waals surface area contributed by atoms with Crippen molar-refractivity contribution in [2.24, 2.45) is 5.10 Å². The highest BCUT2D eigenvalue weighted by Gasteiger charge is 2.31. The smallest absolute Gasteiger partial charge is 0.293 e. The lowest BCUT2D eigenvalue weighted by molar-refractivity contribution is -0.114. The second kappa shape index (κ2) is 6.23. The van der Waals surface area contributed by atoms with Crippen LogP contribution in [0.4, 0.5) is 5.95 Å². The molecule has 1 amide bonds. The fourth-order valence-corrected chi connectivity index (χ4v) is 2.72. The first-order valence-corrected chi connectivity index (χ1v) is 8.12. The molecule has 3 heterocycles. The standard InChI is InChI=1S/C17H13ClN6O2/c1-9-3-4-11(7-14(9)18)15-6-5-12(26-15)8-13-10(2)21-24(16(13)25)17-19-22-23-20-17/h3-8H,1-2H3,(H,19,20,22,23)/b13-8-. The molecule has 130 valence electrons. The zero-order valence-electron chi connectivity index (χ0n) is 13.9. The molecule has 0 bridgehead atoms. The Morgan fingerprint density at radius 2 is 2.08 bits per heavy atom. The van der Waals surface area contributed by atoms with Gasteiger partial charge < -0.3 is 4.42 Å². The number of rotatable bonds is 3. The second-order valence-corrected chi connectivity index (χ2v) is 6.15. The number of tetrazole rings is 1. The number of hydrogen-bond acceptors (Lipinski definition) is 6. The Bertz CT molecular complexity index is 1050. The van der Waals surface area contributed by atoms with Crippen molar-refractivity contribution < 1.29 is 9.21 Å². The number of amides is 1. The molecule has 0 unspecified atom stereocenters. The monoisotopic (exact) mass is 368 g/mol. The molecule has 9 heteroatoms. The highest BCUT2D eigenvalue weighted by molar-refractivity contribution is 6.32. The van der Waals surface area contributed by atoms with Crippen molar-refractivity contribution in [3.8, 4) is 11.3 Å². The van der Waals surface area contributed by atoms with Crippen LogP contribution >= 0.6 is 11.6 Å². The van der Waals surface area contributed by atoms with E-state index in [0.717, 1.165) is 16.1 Å². The maximum atomic E-state index is 12.5. The van der Waals surface area contributed by atoms with Gasteiger partial charge in [0.25, 0.3) is 11.9 Å². The zero-order chi connectivity index (χ0) is 18.3. The number of aromatic nitrogens is 4. The minimum Gasteiger partial charge on any atom is -0.457 e. The van der Waals surface area contributed by atoms with Crippen molar-refractivity contribution in [3.63, 3.8) is 0 Å². The lowest BCUT2D eigenvalue weighted by Gasteiger charge is -2.04. The number of aryl methyl sites for hydroxylation is 1. The third-order valence-electron chi connectivity index (χ3n) is 3.96. The van der Waals surface area contributed by atoms with Crippen LogP contribution in [0.3, 0.4) is 0 Å². The van der Waals surface area contributed by atoms with E-state index >= 15 is 0 Å². The van der Waals surface area contributed by atoms with Gasteiger partial charge in [0.05, 0.1) is 11.3 Å². The van der Waals surface area contributed by atoms with Crippen LogP contribution in [0.15, 0.2) is 45.4 Å². The van der Waals surface area contributed by atoms with Crippen LogP contribution in [0.5, 0.6) is 0 Å². The number of carbonyl (C=O) groups excluding carboxylic acids is 1. The molecule has 1 aliphatic rings. The summed E-state index contributed by atoms with van der Waals surface area (Å²) in [6.45, 7) is 3.67. The summed E-state index contributed by atoms with van der Waals surface area (Å²) < 4.78 is 5.84. The maximum absolute atomic E-state index is 12.5. The summed E-state index contributed by atoms with van der Waals surface area (Å²) in [6, 6.07) is 9.32. The molecule has 0 saturated carbocycles. The molecule has 26 heavy (non-hydrogen) atoms. The van der Waals surface area contributed by atoms with Crippen molar-refractivity contribution in [1.29, 1.82) is 0 Å². The summed E-state index contributed by atoms with van der Waals surface area (Å²) in [5.41, 5.74) is 2.80. The molecule has 1 aromatic carbocycles. The first-order chi connectivity index (χ1) is 12.5. The van der Waals surface area contributed by atoms with Crippen LogP contribution in [0, 0.1) is 6.92 Å². The molecule has 0 saturated heterocycles. The van der Waals surface area contributed by atoms with Gasteiger partial charge in [0, 0.05) is 10.6 Å². The molecule has 1 N–H and O–H groups in total. The highest BCUT2D eigenvalue weighted by atomic mass is 35.5. The number of carbonyl (C=O) groups is 1. The molecule has 2 aromatic heterocycles. The van der Waals surface area contributed by atoms with E-state index in [9.17, 15) is 4.79 Å². The fraction of sp³-hybridized carbons (Fsp3) is 0.118. The predicted molar refractivity (Wildman–Crippen MR) is 96.6 cm³/mol. The first kappa shape index (κ1) is 16.2. The number of H-pyrrole nitrogens is 1. The third kappa shape index (κ3) is 2.80. The summed E-state index contributed by atoms with van der Waals surface area (Å²) in [4.78, 5) is 12.5. The molecule has 8 nitrogen and oxygen atoms in total. The van der Waals surface area contributed by atoms with Gasteiger partial charge in [-0.15, -0.1) is 5.10 Å². The molecule has 0 radical (unpaired) electrons. The molecule has 3 aromatic rings. The Hall–Kier alpha value is -3.26. The van der Waals surface area contributed by atoms with E-state index < -0.39 is 0 Å². The van der Waals surface area contributed by atoms with Crippen molar-refractivity contribution in [2.75, 3.05) is 5.01 Å². The largest absolute Gasteiger partial charge is 0.457 e. The van der Waals surface area contributed by atoms with E-state index in [4.69, 9.17) is 16.0 Å². The lowest BCUT2D eigenvalue weighted by atomic mass is 10.1. The van der Waals surface area contributed by atoms with Crippen LogP contribution in [-0.2, 0) is 4.79 Å². The Labute approximate surface area is 153 Å². The van der Waals surface area contributed by atoms with E-state index in [1.54, 1.807) is 19.1 Å². The third-order valence-corrected chi connectivity index (χ3v) is 4.36. The molecule has 0 fully saturated rings. The number of halogens is 1. The average molecular weight is 369 g/mol. The second-order valence-electron chi connectivity index (χ2n) is 5.74. The number of aromatic amines is 1. The Balaban J connectivity index is 1.63. The van der Waals surface area contributed by atoms with E-state index in [1.807, 2.05) is 31.2 Å². The van der Waals surface area contributed by atoms with E-state index in [2.05, 4.69) is 25.7 Å². The Kier molecular flexibility index (Phi) is 3.89. The van der Waals surface area contributed by atoms with Gasteiger partial charge in [-0.2, -0.15) is 15.3 Å². The quantitative estimate of drug-likeness (QED) is 0.715. The molecular weight excluding hydrogens is 356 g/mol. The molecule has 1 aliphatic heterocycles. The molecule has 0 spiro atoms. The summed E-state index contributed by atoms with van der Waals surface area (Å²) in [7, 11) is 0. The van der Waals surface area contributed by atoms with Gasteiger partial charge in [-0.05, 0) is 48.9 Å². The topological polar surface area (TPSA) is 100 Å². The maximum Gasteiger partial charge on any atom is 0.293 e. The number of nitrogens with one attached hydrogen (secondary N) is 1. The Morgan fingerprint density at radius 3 is 2.81 bits per heavy atom. The fourth-order valence-electron chi connectivity index (χ4n) is 2.54. The Morgan fingerprint density at radius 1 is 1.23 bits per heavy atom. The van der Waals surface area contributed by atoms with E-state index in [-0.39, 0.29) is 11.9 Å². The highest BCUT2D eigenvalue weighted by Crippen LogP contribution is 2.28. The van der Waals surface area contributed by atoms with Crippen molar-refractivity contribution in [2.45, 2.75) is 13.8 Å². The van der Waals surface area contributed by atoms with Gasteiger partial charge in [-0.3, -0.25) is 4.79 Å². The summed E-state index contributed by atoms with van der Waals surface area (Å²) in [5, 5.41) is 19.2. The summed E-state index contributed by atoms with van der Waals surface area (Å²) >= 11 is 6.17. The minimum atomic E-state index is -0.347. The van der Waals surface area contributed by atoms with Gasteiger partial charge in [0.1, 0.15) is 11.5 Å². The number of hydrogen-bond donors (Lipinski definition) is 1. The molecule has 0 atom stereocenters. The number of furan rings is 1. The minimum absolute atomic E-state index is 0.0900. The van der Waals surface area contributed by atoms with Crippen molar-refractivity contribution >= 4 is 35.2 Å². The average Bonchev–Trinajstić information content (AvgIpc) is 3.35. The van der Waals surface area contributed by atoms with Crippen LogP contribution < -0.4 is 5.01 Å². The van der Waals surface area contributed by atoms with Crippen LogP contribution in [-0.4, -0.2) is 32.2 Å². The van der Waals surface area contributed by atoms with Crippen LogP contribution in [0.2, 0.25) is 5.02 Å². The van der Waals surface area contributed by atoms with Crippen LogP contribution in [0.1, 0.15) is 18.2 Å². The number of anilines is 1. The zero-order valence-corrected chi connectivity index (χ0v) is 14.7. The van der Waals surface area contributed by atoms with E-state index in [1.165, 1.54) is 0 Å². The van der Waals surface area contributed by atoms with Gasteiger partial charge in [0.15, 0.2) is 0 Å². The normalized spacial score (nSPS) is 15.8.